The van der Waals surface area contributed by atoms with Crippen molar-refractivity contribution in [1.82, 2.24) is 0 Å². The van der Waals surface area contributed by atoms with Gasteiger partial charge < -0.3 is 9.84 Å². The number of aliphatic hydroxyl groups is 1. The molecule has 0 fully saturated rings. The summed E-state index contributed by atoms with van der Waals surface area (Å²) in [4.78, 5) is 0. The number of rotatable bonds is 8. The zero-order valence-electron chi connectivity index (χ0n) is 15.0. The summed E-state index contributed by atoms with van der Waals surface area (Å²) < 4.78 is 5.97. The normalized spacial score (nSPS) is 16.1. The smallest absolute Gasteiger partial charge is 0.121 e. The van der Waals surface area contributed by atoms with Crippen LogP contribution >= 0.6 is 11.6 Å². The number of allylic oxidation sites excluding steroid dienone is 1. The third-order valence-electron chi connectivity index (χ3n) is 4.73. The predicted octanol–water partition coefficient (Wildman–Crippen LogP) is 5.37. The Bertz CT molecular complexity index is 715. The van der Waals surface area contributed by atoms with Crippen LogP contribution in [0.3, 0.4) is 0 Å². The van der Waals surface area contributed by atoms with Gasteiger partial charge in [-0.25, -0.2) is 0 Å². The van der Waals surface area contributed by atoms with E-state index in [1.165, 1.54) is 11.1 Å². The topological polar surface area (TPSA) is 29.5 Å². The van der Waals surface area contributed by atoms with Crippen molar-refractivity contribution in [2.24, 2.45) is 5.92 Å². The Morgan fingerprint density at radius 2 is 1.92 bits per heavy atom. The summed E-state index contributed by atoms with van der Waals surface area (Å²) in [5.41, 5.74) is 3.68. The molecule has 1 radical (unpaired) electrons. The van der Waals surface area contributed by atoms with Gasteiger partial charge in [0.25, 0.3) is 0 Å². The molecule has 0 heterocycles. The molecule has 0 spiro atoms. The standard InChI is InChI=1S/C22H24ClO2.Y/c23-21-12-18(15-24)13-22(14-21)25-16-20-11-5-10-19(20)9-4-8-17-6-2-1-3-7-17;/h2-3,6-7,10,12-14,20,24H,4-5,8-9,11,15-16H2;/q-1;/t20-;/m1./s1. The van der Waals surface area contributed by atoms with E-state index in [1.54, 1.807) is 6.07 Å². The number of ether oxygens (including phenoxy) is 1. The van der Waals surface area contributed by atoms with E-state index in [9.17, 15) is 5.11 Å². The summed E-state index contributed by atoms with van der Waals surface area (Å²) in [7, 11) is 0. The van der Waals surface area contributed by atoms with Crippen LogP contribution in [0.15, 0.2) is 54.1 Å². The largest absolute Gasteiger partial charge is 0.493 e. The zero-order chi connectivity index (χ0) is 17.5. The van der Waals surface area contributed by atoms with Gasteiger partial charge >= 0.3 is 0 Å². The van der Waals surface area contributed by atoms with Crippen LogP contribution in [0.1, 0.15) is 36.8 Å². The van der Waals surface area contributed by atoms with Crippen molar-refractivity contribution in [3.63, 3.8) is 0 Å². The summed E-state index contributed by atoms with van der Waals surface area (Å²) in [6, 6.07) is 16.7. The van der Waals surface area contributed by atoms with E-state index in [4.69, 9.17) is 16.3 Å². The molecule has 4 heteroatoms. The van der Waals surface area contributed by atoms with Crippen molar-refractivity contribution in [2.75, 3.05) is 6.61 Å². The van der Waals surface area contributed by atoms with Gasteiger partial charge in [-0.05, 0) is 49.4 Å². The molecule has 2 nitrogen and oxygen atoms in total. The molecule has 1 aliphatic carbocycles. The molecule has 2 aromatic carbocycles. The number of aliphatic hydroxyl groups excluding tert-OH is 1. The van der Waals surface area contributed by atoms with Crippen LogP contribution in [-0.2, 0) is 45.7 Å². The van der Waals surface area contributed by atoms with E-state index in [1.807, 2.05) is 24.3 Å². The first kappa shape index (κ1) is 21.6. The van der Waals surface area contributed by atoms with Crippen molar-refractivity contribution >= 4 is 11.6 Å². The van der Waals surface area contributed by atoms with Gasteiger partial charge in [0.15, 0.2) is 0 Å². The molecule has 0 saturated carbocycles. The van der Waals surface area contributed by atoms with Gasteiger partial charge in [0.2, 0.25) is 0 Å². The Hall–Kier alpha value is -0.666. The predicted molar refractivity (Wildman–Crippen MR) is 102 cm³/mol. The minimum absolute atomic E-state index is 0. The number of hydrogen-bond acceptors (Lipinski definition) is 2. The quantitative estimate of drug-likeness (QED) is 0.438. The van der Waals surface area contributed by atoms with Gasteiger partial charge in [-0.15, -0.1) is 0 Å². The van der Waals surface area contributed by atoms with E-state index in [-0.39, 0.29) is 39.3 Å². The van der Waals surface area contributed by atoms with E-state index in [0.29, 0.717) is 17.5 Å². The molecule has 2 aromatic rings. The van der Waals surface area contributed by atoms with Gasteiger partial charge in [0.05, 0.1) is 13.2 Å². The third kappa shape index (κ3) is 6.49. The van der Waals surface area contributed by atoms with Gasteiger partial charge in [0.1, 0.15) is 5.75 Å². The maximum Gasteiger partial charge on any atom is 0.121 e. The Morgan fingerprint density at radius 1 is 1.12 bits per heavy atom. The van der Waals surface area contributed by atoms with Crippen LogP contribution < -0.4 is 4.74 Å². The van der Waals surface area contributed by atoms with Crippen LogP contribution in [0.2, 0.25) is 5.02 Å². The Labute approximate surface area is 186 Å². The maximum absolute atomic E-state index is 9.27. The first-order chi connectivity index (χ1) is 12.2. The number of aryl methyl sites for hydroxylation is 1. The zero-order valence-corrected chi connectivity index (χ0v) is 18.6. The van der Waals surface area contributed by atoms with Crippen LogP contribution in [0, 0.1) is 12.0 Å². The summed E-state index contributed by atoms with van der Waals surface area (Å²) in [5, 5.41) is 9.87. The second-order valence-corrected chi connectivity index (χ2v) is 7.02. The van der Waals surface area contributed by atoms with E-state index in [0.717, 1.165) is 43.4 Å². The Balaban J connectivity index is 0.00000243. The molecule has 0 aliphatic heterocycles. The first-order valence-electron chi connectivity index (χ1n) is 8.91. The minimum Gasteiger partial charge on any atom is -0.493 e. The Morgan fingerprint density at radius 3 is 2.69 bits per heavy atom. The molecule has 26 heavy (non-hydrogen) atoms. The van der Waals surface area contributed by atoms with Crippen LogP contribution in [0.4, 0.5) is 0 Å². The minimum atomic E-state index is -0.0251. The van der Waals surface area contributed by atoms with Crippen molar-refractivity contribution in [3.8, 4) is 5.75 Å². The second kappa shape index (κ2) is 11.2. The fourth-order valence-electron chi connectivity index (χ4n) is 3.40. The summed E-state index contributed by atoms with van der Waals surface area (Å²) in [6.07, 6.45) is 8.07. The summed E-state index contributed by atoms with van der Waals surface area (Å²) in [6.45, 7) is 0.653. The van der Waals surface area contributed by atoms with Crippen molar-refractivity contribution in [1.29, 1.82) is 0 Å². The number of benzene rings is 2. The van der Waals surface area contributed by atoms with Crippen LogP contribution in [-0.4, -0.2) is 11.7 Å². The monoisotopic (exact) mass is 444 g/mol. The third-order valence-corrected chi connectivity index (χ3v) is 4.95. The van der Waals surface area contributed by atoms with Crippen LogP contribution in [0.25, 0.3) is 0 Å². The number of hydrogen-bond donors (Lipinski definition) is 1. The molecule has 0 bridgehead atoms. The van der Waals surface area contributed by atoms with Gasteiger partial charge in [-0.3, -0.25) is 0 Å². The average Bonchev–Trinajstić information content (AvgIpc) is 3.08. The molecule has 0 amide bonds. The molecule has 135 valence electrons. The average molecular weight is 445 g/mol. The molecule has 1 aliphatic rings. The van der Waals surface area contributed by atoms with E-state index < -0.39 is 0 Å². The fourth-order valence-corrected chi connectivity index (χ4v) is 3.64. The van der Waals surface area contributed by atoms with Gasteiger partial charge in [-0.2, -0.15) is 35.9 Å². The SMILES string of the molecule is OCc1cc(Cl)cc(OC[C@H]2CCC=C2CCCc2cc[c-]cc2)c1.[Y]. The molecular formula is C22H24ClO2Y-. The Kier molecular flexibility index (Phi) is 9.35. The first-order valence-corrected chi connectivity index (χ1v) is 9.29. The van der Waals surface area contributed by atoms with E-state index in [2.05, 4.69) is 24.3 Å². The summed E-state index contributed by atoms with van der Waals surface area (Å²) in [5.74, 6) is 1.23. The second-order valence-electron chi connectivity index (χ2n) is 6.58. The molecule has 1 N–H and O–H groups in total. The van der Waals surface area contributed by atoms with Crippen molar-refractivity contribution in [2.45, 2.75) is 38.7 Å². The molecule has 0 aromatic heterocycles. The van der Waals surface area contributed by atoms with Gasteiger partial charge in [0, 0.05) is 43.6 Å². The number of halogens is 1. The van der Waals surface area contributed by atoms with Crippen molar-refractivity contribution < 1.29 is 42.6 Å². The molecular weight excluding hydrogens is 421 g/mol. The van der Waals surface area contributed by atoms with Crippen molar-refractivity contribution in [3.05, 3.63) is 76.3 Å². The molecule has 1 atom stereocenters. The molecule has 3 rings (SSSR count). The van der Waals surface area contributed by atoms with Crippen LogP contribution in [0.5, 0.6) is 5.75 Å². The summed E-state index contributed by atoms with van der Waals surface area (Å²) >= 11 is 6.07. The van der Waals surface area contributed by atoms with Gasteiger partial charge in [-0.1, -0.05) is 29.7 Å². The fraction of sp³-hybridized carbons (Fsp3) is 0.364. The maximum atomic E-state index is 9.27. The molecule has 0 saturated heterocycles. The van der Waals surface area contributed by atoms with E-state index >= 15 is 0 Å². The molecule has 0 unspecified atom stereocenters.